The molecule has 10 atom stereocenters. The second-order valence-electron chi connectivity index (χ2n) is 20.0. The van der Waals surface area contributed by atoms with Crippen LogP contribution in [0.25, 0.3) is 0 Å². The van der Waals surface area contributed by atoms with E-state index in [4.69, 9.17) is 5.73 Å². The van der Waals surface area contributed by atoms with Crippen LogP contribution < -0.4 is 53.6 Å². The number of unbranched alkanes of at least 4 members (excludes halogenated alkanes) is 1. The predicted octanol–water partition coefficient (Wildman–Crippen LogP) is -1.66. The zero-order valence-electron chi connectivity index (χ0n) is 43.1. The van der Waals surface area contributed by atoms with Gasteiger partial charge in [0.15, 0.2) is 0 Å². The number of carbonyl (C=O) groups excluding carboxylic acids is 8. The van der Waals surface area contributed by atoms with Crippen LogP contribution in [0.2, 0.25) is 0 Å². The van der Waals surface area contributed by atoms with Gasteiger partial charge in [0, 0.05) is 6.42 Å². The molecular formula is C47H82N10O15. The number of aliphatic hydroxyl groups is 1. The molecule has 25 nitrogen and oxygen atoms in total. The van der Waals surface area contributed by atoms with E-state index in [0.29, 0.717) is 19.4 Å². The van der Waals surface area contributed by atoms with Gasteiger partial charge in [0.25, 0.3) is 0 Å². The third-order valence-electron chi connectivity index (χ3n) is 11.6. The molecule has 0 aliphatic carbocycles. The lowest BCUT2D eigenvalue weighted by atomic mass is 9.98. The molecular weight excluding hydrogens is 945 g/mol. The van der Waals surface area contributed by atoms with Crippen LogP contribution >= 0.6 is 0 Å². The molecule has 0 aromatic carbocycles. The van der Waals surface area contributed by atoms with Gasteiger partial charge in [0.05, 0.1) is 18.6 Å². The molecule has 410 valence electrons. The van der Waals surface area contributed by atoms with Crippen molar-refractivity contribution >= 4 is 65.2 Å². The lowest BCUT2D eigenvalue weighted by Crippen LogP contribution is -2.61. The number of aliphatic carboxylic acids is 3. The van der Waals surface area contributed by atoms with Gasteiger partial charge in [-0.1, -0.05) is 55.4 Å². The summed E-state index contributed by atoms with van der Waals surface area (Å²) in [7, 11) is 0. The van der Waals surface area contributed by atoms with Crippen LogP contribution in [0.3, 0.4) is 0 Å². The first-order chi connectivity index (χ1) is 33.6. The molecule has 0 bridgehead atoms. The van der Waals surface area contributed by atoms with Crippen molar-refractivity contribution in [2.75, 3.05) is 13.1 Å². The highest BCUT2D eigenvalue weighted by Crippen LogP contribution is 2.14. The second-order valence-corrected chi connectivity index (χ2v) is 20.0. The van der Waals surface area contributed by atoms with Crippen LogP contribution in [0.4, 0.5) is 0 Å². The van der Waals surface area contributed by atoms with Crippen molar-refractivity contribution in [3.8, 4) is 0 Å². The van der Waals surface area contributed by atoms with Crippen molar-refractivity contribution in [1.29, 1.82) is 0 Å². The van der Waals surface area contributed by atoms with E-state index in [0.717, 1.165) is 6.42 Å². The number of hydrogen-bond acceptors (Lipinski definition) is 14. The first-order valence-corrected chi connectivity index (χ1v) is 24.8. The lowest BCUT2D eigenvalue weighted by Gasteiger charge is -2.29. The SMILES string of the molecule is CC(C)C[C@H](NC(=O)[C@H](CCC(=O)O)NC(=O)[C@H](CC(C)C)NC(=O)[C@@H](NC(=O)[C@H](CCCCN)NC(=O)[C@H](CC(=O)O)NC(=O)[C@H](CC(C)C)NC(=O)[C@@H](NC(=O)[C@@H]1CCCN1)[C@@H](C)O)C(C)C)C(=O)O. The molecule has 0 aromatic heterocycles. The van der Waals surface area contributed by atoms with Gasteiger partial charge in [-0.2, -0.15) is 0 Å². The highest BCUT2D eigenvalue weighted by Gasteiger charge is 2.37. The fourth-order valence-corrected chi connectivity index (χ4v) is 7.75. The van der Waals surface area contributed by atoms with E-state index in [9.17, 15) is 73.2 Å². The van der Waals surface area contributed by atoms with Crippen molar-refractivity contribution in [3.05, 3.63) is 0 Å². The van der Waals surface area contributed by atoms with Crippen LogP contribution in [0.15, 0.2) is 0 Å². The Hall–Kier alpha value is -5.95. The van der Waals surface area contributed by atoms with E-state index < -0.39 is 151 Å². The molecule has 8 amide bonds. The van der Waals surface area contributed by atoms with Crippen LogP contribution in [-0.4, -0.2) is 159 Å². The van der Waals surface area contributed by atoms with Crippen molar-refractivity contribution < 1.29 is 73.2 Å². The predicted molar refractivity (Wildman–Crippen MR) is 261 cm³/mol. The summed E-state index contributed by atoms with van der Waals surface area (Å²) in [6.07, 6.45) is -1.49. The van der Waals surface area contributed by atoms with Gasteiger partial charge in [0.2, 0.25) is 47.3 Å². The standard InChI is InChI=1S/C47H82N10O15/c1-23(2)19-31(42(66)51-30(15-16-35(59)60)40(64)55-34(47(71)72)21-25(5)6)53-45(69)37(26(7)8)56-41(65)29(13-10-11-17-48)50-44(68)33(22-36(61)62)52-43(67)32(20-24(3)4)54-46(70)38(27(9)58)57-39(63)28-14-12-18-49-28/h23-34,37-38,49,58H,10-22,48H2,1-9H3,(H,50,68)(H,51,66)(H,52,67)(H,53,69)(H,54,70)(H,55,64)(H,56,65)(H,57,63)(H,59,60)(H,61,62)(H,71,72)/t27-,28+,29+,30+,31+,32+,33+,34+,37+,38+/m1/s1. The molecule has 0 spiro atoms. The van der Waals surface area contributed by atoms with Crippen molar-refractivity contribution in [1.82, 2.24) is 47.9 Å². The Morgan fingerprint density at radius 3 is 1.38 bits per heavy atom. The summed E-state index contributed by atoms with van der Waals surface area (Å²) >= 11 is 0. The number of rotatable bonds is 34. The van der Waals surface area contributed by atoms with Gasteiger partial charge in [0.1, 0.15) is 48.3 Å². The zero-order chi connectivity index (χ0) is 55.0. The van der Waals surface area contributed by atoms with Gasteiger partial charge in [-0.15, -0.1) is 0 Å². The molecule has 1 rings (SSSR count). The van der Waals surface area contributed by atoms with Crippen LogP contribution in [0, 0.1) is 23.7 Å². The molecule has 15 N–H and O–H groups in total. The third-order valence-corrected chi connectivity index (χ3v) is 11.6. The van der Waals surface area contributed by atoms with Gasteiger partial charge in [-0.25, -0.2) is 4.79 Å². The number of carboxylic acid groups (broad SMARTS) is 3. The summed E-state index contributed by atoms with van der Waals surface area (Å²) in [5.74, 6) is -12.6. The maximum absolute atomic E-state index is 14.1. The third kappa shape index (κ3) is 24.0. The van der Waals surface area contributed by atoms with Crippen molar-refractivity contribution in [2.45, 2.75) is 193 Å². The average molecular weight is 1030 g/mol. The molecule has 0 radical (unpaired) electrons. The Bertz CT molecular complexity index is 1860. The van der Waals surface area contributed by atoms with E-state index in [1.54, 1.807) is 55.4 Å². The van der Waals surface area contributed by atoms with E-state index >= 15 is 0 Å². The Morgan fingerprint density at radius 2 is 0.944 bits per heavy atom. The molecule has 25 heteroatoms. The first kappa shape index (κ1) is 64.1. The molecule has 1 saturated heterocycles. The van der Waals surface area contributed by atoms with Crippen LogP contribution in [-0.2, 0) is 52.7 Å². The fraction of sp³-hybridized carbons (Fsp3) is 0.766. The number of amides is 8. The topological polar surface area (TPSA) is 403 Å². The Labute approximate surface area is 421 Å². The Morgan fingerprint density at radius 1 is 0.514 bits per heavy atom. The maximum Gasteiger partial charge on any atom is 0.326 e. The van der Waals surface area contributed by atoms with Crippen LogP contribution in [0.5, 0.6) is 0 Å². The van der Waals surface area contributed by atoms with E-state index in [2.05, 4.69) is 47.9 Å². The van der Waals surface area contributed by atoms with E-state index in [1.165, 1.54) is 6.92 Å². The molecule has 1 heterocycles. The highest BCUT2D eigenvalue weighted by molar-refractivity contribution is 5.99. The summed E-state index contributed by atoms with van der Waals surface area (Å²) in [5.41, 5.74) is 5.70. The fourth-order valence-electron chi connectivity index (χ4n) is 7.75. The monoisotopic (exact) mass is 1030 g/mol. The number of carboxylic acids is 3. The Balaban J connectivity index is 3.42. The first-order valence-electron chi connectivity index (χ1n) is 24.8. The van der Waals surface area contributed by atoms with Gasteiger partial charge >= 0.3 is 17.9 Å². The van der Waals surface area contributed by atoms with Gasteiger partial charge in [-0.05, 0) is 101 Å². The van der Waals surface area contributed by atoms with Gasteiger partial charge < -0.3 is 74.0 Å². The summed E-state index contributed by atoms with van der Waals surface area (Å²) in [6, 6.07) is -12.3. The van der Waals surface area contributed by atoms with E-state index in [1.807, 2.05) is 0 Å². The molecule has 1 fully saturated rings. The minimum Gasteiger partial charge on any atom is -0.481 e. The summed E-state index contributed by atoms with van der Waals surface area (Å²) in [6.45, 7) is 15.7. The average Bonchev–Trinajstić information content (AvgIpc) is 3.82. The normalized spacial score (nSPS) is 17.2. The van der Waals surface area contributed by atoms with Crippen molar-refractivity contribution in [3.63, 3.8) is 0 Å². The smallest absolute Gasteiger partial charge is 0.326 e. The van der Waals surface area contributed by atoms with Gasteiger partial charge in [-0.3, -0.25) is 47.9 Å². The molecule has 0 saturated carbocycles. The van der Waals surface area contributed by atoms with Crippen molar-refractivity contribution in [2.24, 2.45) is 29.4 Å². The number of aliphatic hydroxyl groups excluding tert-OH is 1. The minimum atomic E-state index is -1.81. The molecule has 0 aromatic rings. The van der Waals surface area contributed by atoms with Crippen LogP contribution in [0.1, 0.15) is 133 Å². The number of hydrogen-bond donors (Lipinski definition) is 14. The van der Waals surface area contributed by atoms with E-state index in [-0.39, 0.29) is 56.4 Å². The number of nitrogens with one attached hydrogen (secondary N) is 9. The second kappa shape index (κ2) is 32.2. The largest absolute Gasteiger partial charge is 0.481 e. The zero-order valence-corrected chi connectivity index (χ0v) is 43.1. The molecule has 72 heavy (non-hydrogen) atoms. The summed E-state index contributed by atoms with van der Waals surface area (Å²) in [5, 5.41) is 62.2. The molecule has 1 aliphatic heterocycles. The number of carbonyl (C=O) groups is 11. The summed E-state index contributed by atoms with van der Waals surface area (Å²) in [4.78, 5) is 145. The molecule has 0 unspecified atom stereocenters. The summed E-state index contributed by atoms with van der Waals surface area (Å²) < 4.78 is 0. The highest BCUT2D eigenvalue weighted by atomic mass is 16.4. The Kier molecular flexibility index (Phi) is 28.6. The lowest BCUT2D eigenvalue weighted by molar-refractivity contribution is -0.143. The molecule has 1 aliphatic rings. The minimum absolute atomic E-state index is 0.000699. The maximum atomic E-state index is 14.1. The quantitative estimate of drug-likeness (QED) is 0.0321. The number of nitrogens with two attached hydrogens (primary N) is 1.